The summed E-state index contributed by atoms with van der Waals surface area (Å²) in [5, 5.41) is 0. The second-order valence-electron chi connectivity index (χ2n) is 0.447. The number of hydrogen-bond acceptors (Lipinski definition) is 6. The smallest absolute Gasteiger partial charge is 0.854 e. The van der Waals surface area contributed by atoms with Gasteiger partial charge in [0.1, 0.15) is 0 Å². The predicted molar refractivity (Wildman–Crippen MR) is 19.6 cm³/mol. The zero-order valence-corrected chi connectivity index (χ0v) is 16.7. The van der Waals surface area contributed by atoms with Crippen LogP contribution in [0.15, 0.2) is 0 Å². The van der Waals surface area contributed by atoms with E-state index < -0.39 is 17.2 Å². The van der Waals surface area contributed by atoms with Crippen LogP contribution in [0, 0.1) is 0 Å². The normalized spacial score (nSPS) is 6.55. The van der Waals surface area contributed by atoms with Gasteiger partial charge in [0.05, 0.1) is 0 Å². The zero-order chi connectivity index (χ0) is 7.15. The maximum Gasteiger partial charge on any atom is 2.00 e. The summed E-state index contributed by atoms with van der Waals surface area (Å²) < 4.78 is 0. The quantitative estimate of drug-likeness (QED) is 0.305. The molecule has 0 aromatic carbocycles. The second kappa shape index (κ2) is 23.3. The first kappa shape index (κ1) is 29.3. The van der Waals surface area contributed by atoms with E-state index in [1.807, 2.05) is 0 Å². The molecule has 0 amide bonds. The van der Waals surface area contributed by atoms with Gasteiger partial charge >= 0.3 is 84.4 Å². The minimum Gasteiger partial charge on any atom is -0.854 e. The Hall–Kier alpha value is 3.35. The molecule has 0 aliphatic carbocycles. The van der Waals surface area contributed by atoms with Gasteiger partial charge in [0.2, 0.25) is 0 Å². The Morgan fingerprint density at radius 1 is 0.545 bits per heavy atom. The van der Waals surface area contributed by atoms with Crippen LogP contribution in [0.25, 0.3) is 0 Å². The van der Waals surface area contributed by atoms with E-state index in [9.17, 15) is 0 Å². The summed E-state index contributed by atoms with van der Waals surface area (Å²) in [7, 11) is -6.74. The summed E-state index contributed by atoms with van der Waals surface area (Å²) in [5.41, 5.74) is 0. The van der Waals surface area contributed by atoms with Crippen LogP contribution >= 0.6 is 17.2 Å². The second-order valence-corrected chi connectivity index (χ2v) is 1.34. The Bertz CT molecular complexity index is 34.1. The van der Waals surface area contributed by atoms with E-state index >= 15 is 0 Å². The van der Waals surface area contributed by atoms with Crippen molar-refractivity contribution in [2.24, 2.45) is 0 Å². The fraction of sp³-hybridized carbons (Fsp3) is 0. The molecular weight excluding hydrogens is 376 g/mol. The van der Waals surface area contributed by atoms with E-state index in [1.165, 1.54) is 0 Å². The minimum absolute atomic E-state index is 0. The van der Waals surface area contributed by atoms with Gasteiger partial charge in [-0.05, 0) is 0 Å². The van der Waals surface area contributed by atoms with Gasteiger partial charge in [0, 0.05) is 0 Å². The van der Waals surface area contributed by atoms with Gasteiger partial charge in [-0.25, -0.2) is 0 Å². The molecule has 6 nitrogen and oxygen atoms in total. The summed E-state index contributed by atoms with van der Waals surface area (Å²) in [6.07, 6.45) is 0. The molecule has 0 unspecified atom stereocenters. The molecule has 0 aliphatic rings. The monoisotopic (exact) mass is 374 g/mol. The van der Waals surface area contributed by atoms with Crippen molar-refractivity contribution < 1.29 is 68.3 Å². The summed E-state index contributed by atoms with van der Waals surface area (Å²) in [6, 6.07) is 0. The molecule has 0 spiro atoms. The molecule has 0 saturated heterocycles. The molecule has 0 fully saturated rings. The maximum absolute atomic E-state index is 8.48. The van der Waals surface area contributed by atoms with E-state index in [-0.39, 0.29) is 84.4 Å². The number of rotatable bonds is 0. The molecule has 0 aromatic rings. The molecular formula is O6P2SrZn2. The SMILES string of the molecule is [O-]P([O-])[O-].[O-]P([O-])[O-].[Sr+2].[Zn+2].[Zn+2]. The first-order chi connectivity index (χ1) is 3.46. The van der Waals surface area contributed by atoms with Crippen molar-refractivity contribution in [3.05, 3.63) is 0 Å². The van der Waals surface area contributed by atoms with E-state index in [0.717, 1.165) is 0 Å². The minimum atomic E-state index is -3.37. The van der Waals surface area contributed by atoms with Gasteiger partial charge in [0.15, 0.2) is 0 Å². The Labute approximate surface area is 129 Å². The van der Waals surface area contributed by atoms with Crippen molar-refractivity contribution in [1.82, 2.24) is 0 Å². The van der Waals surface area contributed by atoms with Crippen LogP contribution in [0.2, 0.25) is 0 Å². The topological polar surface area (TPSA) is 138 Å². The average molecular weight is 376 g/mol. The van der Waals surface area contributed by atoms with Crippen LogP contribution in [0.1, 0.15) is 0 Å². The summed E-state index contributed by atoms with van der Waals surface area (Å²) >= 11 is 0. The Balaban J connectivity index is -0.0000000171. The molecule has 0 aromatic heterocycles. The van der Waals surface area contributed by atoms with Crippen LogP contribution in [-0.4, -0.2) is 45.5 Å². The first-order valence-electron chi connectivity index (χ1n) is 1.10. The average Bonchev–Trinajstić information content (AvgIpc) is 1.25. The third-order valence-electron chi connectivity index (χ3n) is 0. The molecule has 0 rings (SSSR count). The molecule has 0 N–H and O–H groups in total. The van der Waals surface area contributed by atoms with Crippen molar-refractivity contribution in [3.8, 4) is 0 Å². The predicted octanol–water partition coefficient (Wildman–Crippen LogP) is -5.80. The molecule has 0 atom stereocenters. The largest absolute Gasteiger partial charge is 2.00 e. The molecule has 0 saturated carbocycles. The third kappa shape index (κ3) is 153. The Morgan fingerprint density at radius 3 is 0.545 bits per heavy atom. The van der Waals surface area contributed by atoms with Crippen molar-refractivity contribution in [3.63, 3.8) is 0 Å². The van der Waals surface area contributed by atoms with E-state index in [2.05, 4.69) is 0 Å². The molecule has 11 heteroatoms. The summed E-state index contributed by atoms with van der Waals surface area (Å²) in [5.74, 6) is 0. The van der Waals surface area contributed by atoms with Crippen molar-refractivity contribution in [1.29, 1.82) is 0 Å². The Kier molecular flexibility index (Phi) is 61.9. The standard InChI is InChI=1S/2O3P.Sr.2Zn/c2*1-4(2)3;;;/q2*-3;3*+2. The summed E-state index contributed by atoms with van der Waals surface area (Å²) in [6.45, 7) is 0. The molecule has 11 heavy (non-hydrogen) atoms. The van der Waals surface area contributed by atoms with Crippen LogP contribution in [0.4, 0.5) is 0 Å². The van der Waals surface area contributed by atoms with Crippen LogP contribution in [0.3, 0.4) is 0 Å². The molecule has 0 radical (unpaired) electrons. The molecule has 0 bridgehead atoms. The number of hydrogen-bond donors (Lipinski definition) is 0. The van der Waals surface area contributed by atoms with Crippen LogP contribution < -0.4 is 29.4 Å². The molecule has 52 valence electrons. The maximum atomic E-state index is 8.48. The van der Waals surface area contributed by atoms with E-state index in [0.29, 0.717) is 0 Å². The van der Waals surface area contributed by atoms with Crippen LogP contribution in [0.5, 0.6) is 0 Å². The summed E-state index contributed by atoms with van der Waals surface area (Å²) in [4.78, 5) is 50.9. The van der Waals surface area contributed by atoms with Crippen LogP contribution in [-0.2, 0) is 39.0 Å². The van der Waals surface area contributed by atoms with E-state index in [4.69, 9.17) is 29.4 Å². The van der Waals surface area contributed by atoms with Gasteiger partial charge in [-0.1, -0.05) is 0 Å². The zero-order valence-electron chi connectivity index (χ0n) is 5.47. The van der Waals surface area contributed by atoms with Gasteiger partial charge in [-0.2, -0.15) is 0 Å². The van der Waals surface area contributed by atoms with Crippen molar-refractivity contribution in [2.45, 2.75) is 0 Å². The van der Waals surface area contributed by atoms with Gasteiger partial charge < -0.3 is 46.6 Å². The van der Waals surface area contributed by atoms with Gasteiger partial charge in [0.25, 0.3) is 0 Å². The fourth-order valence-electron chi connectivity index (χ4n) is 0. The Morgan fingerprint density at radius 2 is 0.545 bits per heavy atom. The fourth-order valence-corrected chi connectivity index (χ4v) is 0. The van der Waals surface area contributed by atoms with Crippen molar-refractivity contribution in [2.75, 3.05) is 0 Å². The van der Waals surface area contributed by atoms with E-state index in [1.54, 1.807) is 0 Å². The molecule has 0 aliphatic heterocycles. The first-order valence-corrected chi connectivity index (χ1v) is 3.29. The van der Waals surface area contributed by atoms with Crippen molar-refractivity contribution >= 4 is 62.7 Å². The van der Waals surface area contributed by atoms with Gasteiger partial charge in [-0.15, -0.1) is 0 Å². The molecule has 0 heterocycles. The van der Waals surface area contributed by atoms with Gasteiger partial charge in [-0.3, -0.25) is 0 Å². The third-order valence-corrected chi connectivity index (χ3v) is 0.